The van der Waals surface area contributed by atoms with Crippen LogP contribution in [0, 0.1) is 5.92 Å². The first kappa shape index (κ1) is 13.5. The molecular formula is C14H22ClN. The van der Waals surface area contributed by atoms with Gasteiger partial charge in [-0.15, -0.1) is 12.4 Å². The van der Waals surface area contributed by atoms with E-state index in [-0.39, 0.29) is 23.4 Å². The summed E-state index contributed by atoms with van der Waals surface area (Å²) in [5.41, 5.74) is 9.14. The molecule has 0 saturated heterocycles. The van der Waals surface area contributed by atoms with Crippen molar-refractivity contribution in [3.8, 4) is 0 Å². The fourth-order valence-electron chi connectivity index (χ4n) is 2.13. The molecule has 1 aromatic carbocycles. The Morgan fingerprint density at radius 3 is 1.94 bits per heavy atom. The predicted molar refractivity (Wildman–Crippen MR) is 72.0 cm³/mol. The van der Waals surface area contributed by atoms with Crippen molar-refractivity contribution < 1.29 is 0 Å². The summed E-state index contributed by atoms with van der Waals surface area (Å²) in [6, 6.07) is 8.83. The standard InChI is InChI=1S/C14H21N.ClH/c1-10-9-14(10,15)12-7-5-11(6-8-12)13(2,3)4;/h5-8,10H,9,15H2,1-4H3;1H. The highest BCUT2D eigenvalue weighted by atomic mass is 35.5. The first-order valence-electron chi connectivity index (χ1n) is 5.74. The van der Waals surface area contributed by atoms with E-state index in [1.165, 1.54) is 11.1 Å². The zero-order chi connectivity index (χ0) is 11.3. The van der Waals surface area contributed by atoms with Crippen molar-refractivity contribution in [2.24, 2.45) is 11.7 Å². The van der Waals surface area contributed by atoms with Crippen molar-refractivity contribution in [1.82, 2.24) is 0 Å². The summed E-state index contributed by atoms with van der Waals surface area (Å²) in [4.78, 5) is 0. The molecule has 2 unspecified atom stereocenters. The van der Waals surface area contributed by atoms with E-state index in [1.807, 2.05) is 0 Å². The van der Waals surface area contributed by atoms with Crippen LogP contribution in [0.25, 0.3) is 0 Å². The van der Waals surface area contributed by atoms with Crippen LogP contribution >= 0.6 is 12.4 Å². The van der Waals surface area contributed by atoms with Crippen molar-refractivity contribution >= 4 is 12.4 Å². The smallest absolute Gasteiger partial charge is 0.0439 e. The molecule has 16 heavy (non-hydrogen) atoms. The van der Waals surface area contributed by atoms with Gasteiger partial charge in [0.1, 0.15) is 0 Å². The van der Waals surface area contributed by atoms with Gasteiger partial charge in [0.25, 0.3) is 0 Å². The molecular weight excluding hydrogens is 218 g/mol. The fraction of sp³-hybridized carbons (Fsp3) is 0.571. The summed E-state index contributed by atoms with van der Waals surface area (Å²) in [7, 11) is 0. The lowest BCUT2D eigenvalue weighted by Crippen LogP contribution is -2.21. The third kappa shape index (κ3) is 2.26. The molecule has 0 bridgehead atoms. The van der Waals surface area contributed by atoms with Gasteiger partial charge in [0.05, 0.1) is 0 Å². The van der Waals surface area contributed by atoms with Crippen molar-refractivity contribution in [2.75, 3.05) is 0 Å². The second kappa shape index (κ2) is 4.05. The number of hydrogen-bond donors (Lipinski definition) is 1. The molecule has 0 aliphatic heterocycles. The third-order valence-electron chi connectivity index (χ3n) is 3.65. The minimum Gasteiger partial charge on any atom is -0.321 e. The van der Waals surface area contributed by atoms with Crippen LogP contribution in [-0.4, -0.2) is 0 Å². The van der Waals surface area contributed by atoms with Gasteiger partial charge in [0.2, 0.25) is 0 Å². The van der Waals surface area contributed by atoms with Gasteiger partial charge in [-0.25, -0.2) is 0 Å². The second-order valence-corrected chi connectivity index (χ2v) is 5.97. The van der Waals surface area contributed by atoms with Gasteiger partial charge in [-0.3, -0.25) is 0 Å². The zero-order valence-electron chi connectivity index (χ0n) is 10.6. The van der Waals surface area contributed by atoms with E-state index >= 15 is 0 Å². The Hall–Kier alpha value is -0.530. The first-order chi connectivity index (χ1) is 6.84. The minimum absolute atomic E-state index is 0. The Kier molecular flexibility index (Phi) is 3.42. The molecule has 2 rings (SSSR count). The van der Waals surface area contributed by atoms with E-state index in [4.69, 9.17) is 5.73 Å². The summed E-state index contributed by atoms with van der Waals surface area (Å²) in [5, 5.41) is 0. The molecule has 1 fully saturated rings. The van der Waals surface area contributed by atoms with Crippen molar-refractivity contribution in [3.05, 3.63) is 35.4 Å². The second-order valence-electron chi connectivity index (χ2n) is 5.97. The van der Waals surface area contributed by atoms with Gasteiger partial charge in [0, 0.05) is 5.54 Å². The Bertz CT molecular complexity index is 363. The number of rotatable bonds is 1. The van der Waals surface area contributed by atoms with Gasteiger partial charge in [-0.05, 0) is 28.9 Å². The van der Waals surface area contributed by atoms with E-state index in [0.29, 0.717) is 5.92 Å². The highest BCUT2D eigenvalue weighted by Crippen LogP contribution is 2.49. The van der Waals surface area contributed by atoms with Crippen LogP contribution in [0.3, 0.4) is 0 Å². The molecule has 2 N–H and O–H groups in total. The number of halogens is 1. The van der Waals surface area contributed by atoms with Crippen LogP contribution in [0.15, 0.2) is 24.3 Å². The molecule has 1 saturated carbocycles. The minimum atomic E-state index is -0.0313. The Morgan fingerprint density at radius 1 is 1.19 bits per heavy atom. The van der Waals surface area contributed by atoms with E-state index in [9.17, 15) is 0 Å². The summed E-state index contributed by atoms with van der Waals surface area (Å²) in [6.07, 6.45) is 1.13. The summed E-state index contributed by atoms with van der Waals surface area (Å²) in [5.74, 6) is 0.637. The lowest BCUT2D eigenvalue weighted by Gasteiger charge is -2.20. The average Bonchev–Trinajstić information content (AvgIpc) is 2.75. The quantitative estimate of drug-likeness (QED) is 0.796. The molecule has 90 valence electrons. The third-order valence-corrected chi connectivity index (χ3v) is 3.65. The molecule has 0 heterocycles. The van der Waals surface area contributed by atoms with Crippen LogP contribution in [0.5, 0.6) is 0 Å². The van der Waals surface area contributed by atoms with Gasteiger partial charge in [-0.1, -0.05) is 52.0 Å². The topological polar surface area (TPSA) is 26.0 Å². The number of nitrogens with two attached hydrogens (primary N) is 1. The maximum Gasteiger partial charge on any atom is 0.0439 e. The highest BCUT2D eigenvalue weighted by molar-refractivity contribution is 5.85. The largest absolute Gasteiger partial charge is 0.321 e. The van der Waals surface area contributed by atoms with E-state index < -0.39 is 0 Å². The average molecular weight is 240 g/mol. The van der Waals surface area contributed by atoms with E-state index in [1.54, 1.807) is 0 Å². The molecule has 1 nitrogen and oxygen atoms in total. The van der Waals surface area contributed by atoms with Crippen LogP contribution < -0.4 is 5.73 Å². The SMILES string of the molecule is CC1CC1(N)c1ccc(C(C)(C)C)cc1.Cl. The fourth-order valence-corrected chi connectivity index (χ4v) is 2.13. The van der Waals surface area contributed by atoms with Gasteiger partial charge in [0.15, 0.2) is 0 Å². The molecule has 0 spiro atoms. The zero-order valence-corrected chi connectivity index (χ0v) is 11.4. The molecule has 0 amide bonds. The molecule has 0 aromatic heterocycles. The van der Waals surface area contributed by atoms with Crippen LogP contribution in [0.4, 0.5) is 0 Å². The highest BCUT2D eigenvalue weighted by Gasteiger charge is 2.48. The van der Waals surface area contributed by atoms with Crippen molar-refractivity contribution in [1.29, 1.82) is 0 Å². The Balaban J connectivity index is 0.00000128. The predicted octanol–water partition coefficient (Wildman–Crippen LogP) is 3.60. The molecule has 2 atom stereocenters. The molecule has 1 aliphatic carbocycles. The number of hydrogen-bond acceptors (Lipinski definition) is 1. The van der Waals surface area contributed by atoms with Gasteiger partial charge < -0.3 is 5.73 Å². The van der Waals surface area contributed by atoms with Gasteiger partial charge >= 0.3 is 0 Å². The monoisotopic (exact) mass is 239 g/mol. The molecule has 1 aromatic rings. The Labute approximate surface area is 105 Å². The molecule has 0 radical (unpaired) electrons. The molecule has 2 heteroatoms. The van der Waals surface area contributed by atoms with Crippen molar-refractivity contribution in [3.63, 3.8) is 0 Å². The van der Waals surface area contributed by atoms with E-state index in [0.717, 1.165) is 6.42 Å². The van der Waals surface area contributed by atoms with E-state index in [2.05, 4.69) is 52.0 Å². The summed E-state index contributed by atoms with van der Waals surface area (Å²) < 4.78 is 0. The van der Waals surface area contributed by atoms with Crippen LogP contribution in [0.1, 0.15) is 45.2 Å². The lowest BCUT2D eigenvalue weighted by molar-refractivity contribution is 0.588. The Morgan fingerprint density at radius 2 is 1.62 bits per heavy atom. The summed E-state index contributed by atoms with van der Waals surface area (Å²) in [6.45, 7) is 8.93. The van der Waals surface area contributed by atoms with Gasteiger partial charge in [-0.2, -0.15) is 0 Å². The maximum absolute atomic E-state index is 6.27. The maximum atomic E-state index is 6.27. The van der Waals surface area contributed by atoms with Crippen molar-refractivity contribution in [2.45, 2.75) is 45.1 Å². The van der Waals surface area contributed by atoms with Crippen LogP contribution in [-0.2, 0) is 11.0 Å². The number of benzene rings is 1. The summed E-state index contributed by atoms with van der Waals surface area (Å²) >= 11 is 0. The molecule has 1 aliphatic rings. The van der Waals surface area contributed by atoms with Crippen LogP contribution in [0.2, 0.25) is 0 Å². The normalized spacial score (nSPS) is 28.4. The first-order valence-corrected chi connectivity index (χ1v) is 5.74. The lowest BCUT2D eigenvalue weighted by atomic mass is 9.86.